The largest absolute Gasteiger partial charge is 0.495 e. The van der Waals surface area contributed by atoms with Crippen LogP contribution in [-0.2, 0) is 4.79 Å². The van der Waals surface area contributed by atoms with Gasteiger partial charge in [-0.25, -0.2) is 4.79 Å². The summed E-state index contributed by atoms with van der Waals surface area (Å²) in [5.74, 6) is -0.122. The lowest BCUT2D eigenvalue weighted by Crippen LogP contribution is -2.05. The minimum Gasteiger partial charge on any atom is -0.495 e. The highest BCUT2D eigenvalue weighted by atomic mass is 16.5. The van der Waals surface area contributed by atoms with E-state index in [-0.39, 0.29) is 0 Å². The smallest absolute Gasteiger partial charge is 0.331 e. The lowest BCUT2D eigenvalue weighted by atomic mass is 10.2. The molecule has 4 nitrogen and oxygen atoms in total. The van der Waals surface area contributed by atoms with E-state index in [1.807, 2.05) is 31.2 Å². The Morgan fingerprint density at radius 2 is 2.18 bits per heavy atom. The molecule has 0 spiro atoms. The minimum atomic E-state index is -0.866. The molecule has 0 amide bonds. The first-order valence-corrected chi connectivity index (χ1v) is 5.48. The molecule has 0 saturated carbocycles. The Morgan fingerprint density at radius 3 is 2.76 bits per heavy atom. The van der Waals surface area contributed by atoms with Gasteiger partial charge in [-0.15, -0.1) is 0 Å². The Hall–Kier alpha value is -1.97. The number of carbonyl (C=O) groups is 1. The molecule has 2 N–H and O–H groups in total. The molecule has 17 heavy (non-hydrogen) atoms. The number of nitrogens with one attached hydrogen (secondary N) is 1. The minimum absolute atomic E-state index is 0.410. The quantitative estimate of drug-likeness (QED) is 0.744. The Balaban J connectivity index is 2.64. The SMILES string of the molecule is CC/C(=C/CNc1ccccc1OC)C(=O)O. The topological polar surface area (TPSA) is 58.6 Å². The van der Waals surface area contributed by atoms with Crippen LogP contribution in [0.5, 0.6) is 5.75 Å². The Morgan fingerprint density at radius 1 is 1.47 bits per heavy atom. The molecule has 0 bridgehead atoms. The molecule has 0 unspecified atom stereocenters. The van der Waals surface area contributed by atoms with Crippen molar-refractivity contribution in [2.45, 2.75) is 13.3 Å². The molecule has 0 aliphatic carbocycles. The van der Waals surface area contributed by atoms with E-state index in [2.05, 4.69) is 5.32 Å². The van der Waals surface area contributed by atoms with E-state index in [1.54, 1.807) is 13.2 Å². The number of ether oxygens (including phenoxy) is 1. The molecule has 1 aromatic carbocycles. The number of carboxylic acid groups (broad SMARTS) is 1. The van der Waals surface area contributed by atoms with Crippen molar-refractivity contribution in [3.05, 3.63) is 35.9 Å². The lowest BCUT2D eigenvalue weighted by molar-refractivity contribution is -0.132. The molecular weight excluding hydrogens is 218 g/mol. The number of benzene rings is 1. The number of methoxy groups -OCH3 is 1. The van der Waals surface area contributed by atoms with E-state index in [4.69, 9.17) is 9.84 Å². The van der Waals surface area contributed by atoms with E-state index in [0.717, 1.165) is 11.4 Å². The summed E-state index contributed by atoms with van der Waals surface area (Å²) in [6.45, 7) is 2.29. The van der Waals surface area contributed by atoms with Crippen LogP contribution in [-0.4, -0.2) is 24.7 Å². The van der Waals surface area contributed by atoms with Crippen LogP contribution in [0.1, 0.15) is 13.3 Å². The number of aliphatic carboxylic acids is 1. The monoisotopic (exact) mass is 235 g/mol. The molecule has 0 atom stereocenters. The van der Waals surface area contributed by atoms with Gasteiger partial charge in [0.1, 0.15) is 5.75 Å². The molecule has 0 aromatic heterocycles. The molecule has 0 aliphatic rings. The normalized spacial score (nSPS) is 11.1. The van der Waals surface area contributed by atoms with Crippen LogP contribution in [0.2, 0.25) is 0 Å². The molecule has 0 radical (unpaired) electrons. The number of para-hydroxylation sites is 2. The van der Waals surface area contributed by atoms with Gasteiger partial charge in [0.15, 0.2) is 0 Å². The summed E-state index contributed by atoms with van der Waals surface area (Å²) >= 11 is 0. The second-order valence-corrected chi connectivity index (χ2v) is 3.47. The molecule has 4 heteroatoms. The van der Waals surface area contributed by atoms with Crippen LogP contribution in [0.3, 0.4) is 0 Å². The van der Waals surface area contributed by atoms with Gasteiger partial charge in [-0.3, -0.25) is 0 Å². The van der Waals surface area contributed by atoms with Crippen LogP contribution >= 0.6 is 0 Å². The fourth-order valence-electron chi connectivity index (χ4n) is 1.46. The summed E-state index contributed by atoms with van der Waals surface area (Å²) in [4.78, 5) is 10.8. The number of rotatable bonds is 6. The van der Waals surface area contributed by atoms with Crippen LogP contribution in [0, 0.1) is 0 Å². The third kappa shape index (κ3) is 3.83. The number of hydrogen-bond acceptors (Lipinski definition) is 3. The van der Waals surface area contributed by atoms with E-state index in [1.165, 1.54) is 0 Å². The fraction of sp³-hybridized carbons (Fsp3) is 0.308. The van der Waals surface area contributed by atoms with Gasteiger partial charge in [-0.1, -0.05) is 25.1 Å². The first-order valence-electron chi connectivity index (χ1n) is 5.48. The molecule has 0 heterocycles. The molecule has 0 saturated heterocycles. The summed E-state index contributed by atoms with van der Waals surface area (Å²) in [6.07, 6.45) is 2.19. The standard InChI is InChI=1S/C13H17NO3/c1-3-10(13(15)16)8-9-14-11-6-4-5-7-12(11)17-2/h4-8,14H,3,9H2,1-2H3,(H,15,16)/b10-8-. The zero-order chi connectivity index (χ0) is 12.7. The van der Waals surface area contributed by atoms with Gasteiger partial charge >= 0.3 is 5.97 Å². The summed E-state index contributed by atoms with van der Waals surface area (Å²) in [5.41, 5.74) is 1.26. The first kappa shape index (κ1) is 13.1. The molecule has 1 aromatic rings. The van der Waals surface area contributed by atoms with Gasteiger partial charge in [0.2, 0.25) is 0 Å². The van der Waals surface area contributed by atoms with Gasteiger partial charge in [0.05, 0.1) is 12.8 Å². The second-order valence-electron chi connectivity index (χ2n) is 3.47. The van der Waals surface area contributed by atoms with Crippen LogP contribution in [0.25, 0.3) is 0 Å². The highest BCUT2D eigenvalue weighted by molar-refractivity contribution is 5.86. The van der Waals surface area contributed by atoms with E-state index >= 15 is 0 Å². The number of carboxylic acids is 1. The zero-order valence-corrected chi connectivity index (χ0v) is 10.1. The van der Waals surface area contributed by atoms with Gasteiger partial charge in [-0.05, 0) is 18.6 Å². The molecule has 0 fully saturated rings. The molecule has 0 aliphatic heterocycles. The van der Waals surface area contributed by atoms with E-state index < -0.39 is 5.97 Å². The van der Waals surface area contributed by atoms with Crippen LogP contribution in [0.15, 0.2) is 35.9 Å². The maximum Gasteiger partial charge on any atom is 0.331 e. The predicted octanol–water partition coefficient (Wildman–Crippen LogP) is 2.53. The van der Waals surface area contributed by atoms with Gasteiger partial charge in [-0.2, -0.15) is 0 Å². The second kappa shape index (κ2) is 6.58. The van der Waals surface area contributed by atoms with Crippen molar-refractivity contribution in [3.8, 4) is 5.75 Å². The van der Waals surface area contributed by atoms with Crippen molar-refractivity contribution in [1.29, 1.82) is 0 Å². The van der Waals surface area contributed by atoms with Gasteiger partial charge < -0.3 is 15.2 Å². The highest BCUT2D eigenvalue weighted by Crippen LogP contribution is 2.22. The predicted molar refractivity (Wildman–Crippen MR) is 67.5 cm³/mol. The number of anilines is 1. The van der Waals surface area contributed by atoms with Gasteiger partial charge in [0.25, 0.3) is 0 Å². The Bertz CT molecular complexity index is 413. The van der Waals surface area contributed by atoms with E-state index in [0.29, 0.717) is 18.5 Å². The Kier molecular flexibility index (Phi) is 5.07. The third-order valence-electron chi connectivity index (χ3n) is 2.40. The Labute approximate surface area is 101 Å². The maximum atomic E-state index is 10.8. The maximum absolute atomic E-state index is 10.8. The summed E-state index contributed by atoms with van der Waals surface area (Å²) in [6, 6.07) is 7.52. The summed E-state index contributed by atoms with van der Waals surface area (Å²) < 4.78 is 5.18. The third-order valence-corrected chi connectivity index (χ3v) is 2.40. The fourth-order valence-corrected chi connectivity index (χ4v) is 1.46. The molecule has 92 valence electrons. The van der Waals surface area contributed by atoms with Gasteiger partial charge in [0, 0.05) is 12.1 Å². The molecule has 1 rings (SSSR count). The zero-order valence-electron chi connectivity index (χ0n) is 10.1. The summed E-state index contributed by atoms with van der Waals surface area (Å²) in [7, 11) is 1.60. The number of hydrogen-bond donors (Lipinski definition) is 2. The van der Waals surface area contributed by atoms with E-state index in [9.17, 15) is 4.79 Å². The van der Waals surface area contributed by atoms with Crippen LogP contribution < -0.4 is 10.1 Å². The first-order chi connectivity index (χ1) is 8.19. The van der Waals surface area contributed by atoms with Crippen molar-refractivity contribution >= 4 is 11.7 Å². The lowest BCUT2D eigenvalue weighted by Gasteiger charge is -2.09. The van der Waals surface area contributed by atoms with Crippen molar-refractivity contribution < 1.29 is 14.6 Å². The van der Waals surface area contributed by atoms with Crippen molar-refractivity contribution in [2.75, 3.05) is 19.0 Å². The van der Waals surface area contributed by atoms with Crippen molar-refractivity contribution in [3.63, 3.8) is 0 Å². The molecular formula is C13H17NO3. The highest BCUT2D eigenvalue weighted by Gasteiger charge is 2.03. The van der Waals surface area contributed by atoms with Crippen LogP contribution in [0.4, 0.5) is 5.69 Å². The van der Waals surface area contributed by atoms with Crippen molar-refractivity contribution in [1.82, 2.24) is 0 Å². The average molecular weight is 235 g/mol. The summed E-state index contributed by atoms with van der Waals surface area (Å²) in [5, 5.41) is 12.0. The van der Waals surface area contributed by atoms with Crippen molar-refractivity contribution in [2.24, 2.45) is 0 Å². The average Bonchev–Trinajstić information content (AvgIpc) is 2.34.